The zero-order valence-electron chi connectivity index (χ0n) is 10.8. The van der Waals surface area contributed by atoms with E-state index in [4.69, 9.17) is 4.74 Å². The number of ether oxygens (including phenoxy) is 1. The molecule has 0 fully saturated rings. The third kappa shape index (κ3) is 1.82. The van der Waals surface area contributed by atoms with Gasteiger partial charge in [0.15, 0.2) is 0 Å². The van der Waals surface area contributed by atoms with E-state index in [1.807, 2.05) is 4.40 Å². The van der Waals surface area contributed by atoms with Crippen LogP contribution in [0.2, 0.25) is 0 Å². The van der Waals surface area contributed by atoms with E-state index in [-0.39, 0.29) is 5.78 Å². The average molecular weight is 257 g/mol. The Morgan fingerprint density at radius 1 is 1.42 bits per heavy atom. The minimum Gasteiger partial charge on any atom is -0.481 e. The maximum atomic E-state index is 11.7. The second-order valence-electron chi connectivity index (χ2n) is 4.62. The number of methoxy groups -OCH3 is 1. The first kappa shape index (κ1) is 11.9. The minimum atomic E-state index is -0.186. The van der Waals surface area contributed by atoms with Gasteiger partial charge in [-0.05, 0) is 31.8 Å². The Balaban J connectivity index is 2.26. The average Bonchev–Trinajstić information content (AvgIpc) is 2.89. The van der Waals surface area contributed by atoms with Crippen LogP contribution in [-0.2, 0) is 12.8 Å². The summed E-state index contributed by atoms with van der Waals surface area (Å²) in [6.45, 7) is 3.48. The molecule has 5 nitrogen and oxygen atoms in total. The van der Waals surface area contributed by atoms with E-state index in [0.29, 0.717) is 17.4 Å². The van der Waals surface area contributed by atoms with Crippen molar-refractivity contribution in [2.75, 3.05) is 7.11 Å². The molecular formula is C14H15N3O2. The van der Waals surface area contributed by atoms with Crippen molar-refractivity contribution in [1.82, 2.24) is 14.4 Å². The molecule has 0 atom stereocenters. The van der Waals surface area contributed by atoms with Crippen LogP contribution in [0.15, 0.2) is 18.9 Å². The van der Waals surface area contributed by atoms with Crippen molar-refractivity contribution in [3.05, 3.63) is 35.8 Å². The van der Waals surface area contributed by atoms with Gasteiger partial charge in [0.1, 0.15) is 5.69 Å². The zero-order valence-corrected chi connectivity index (χ0v) is 10.8. The summed E-state index contributed by atoms with van der Waals surface area (Å²) in [5, 5.41) is 0. The molecule has 5 heteroatoms. The minimum absolute atomic E-state index is 0.186. The molecule has 0 bridgehead atoms. The molecule has 1 aliphatic carbocycles. The molecule has 0 saturated carbocycles. The van der Waals surface area contributed by atoms with Crippen LogP contribution >= 0.6 is 0 Å². The van der Waals surface area contributed by atoms with Crippen LogP contribution in [0.4, 0.5) is 0 Å². The van der Waals surface area contributed by atoms with E-state index in [2.05, 4.69) is 16.5 Å². The number of aromatic nitrogens is 3. The molecule has 0 unspecified atom stereocenters. The van der Waals surface area contributed by atoms with E-state index in [9.17, 15) is 4.79 Å². The summed E-state index contributed by atoms with van der Waals surface area (Å²) in [7, 11) is 1.62. The largest absolute Gasteiger partial charge is 0.481 e. The number of rotatable bonds is 3. The fourth-order valence-electron chi connectivity index (χ4n) is 2.58. The third-order valence-electron chi connectivity index (χ3n) is 3.51. The maximum absolute atomic E-state index is 11.7. The summed E-state index contributed by atoms with van der Waals surface area (Å²) < 4.78 is 7.26. The number of ketones is 1. The summed E-state index contributed by atoms with van der Waals surface area (Å²) in [5.74, 6) is 0.960. The summed E-state index contributed by atoms with van der Waals surface area (Å²) in [6.07, 6.45) is 7.22. The molecule has 0 N–H and O–H groups in total. The molecule has 0 aliphatic heterocycles. The number of nitrogens with zero attached hydrogens (tertiary/aromatic N) is 3. The highest BCUT2D eigenvalue weighted by molar-refractivity contribution is 6.02. The SMILES string of the molecule is C=CC(=O)c1cn2c3c(c(OC)nc2n1)CCCC3. The highest BCUT2D eigenvalue weighted by atomic mass is 16.5. The molecule has 2 aromatic heterocycles. The van der Waals surface area contributed by atoms with Gasteiger partial charge in [0.05, 0.1) is 7.11 Å². The van der Waals surface area contributed by atoms with Gasteiger partial charge in [0.2, 0.25) is 17.4 Å². The summed E-state index contributed by atoms with van der Waals surface area (Å²) >= 11 is 0. The predicted octanol–water partition coefficient (Wildman–Crippen LogP) is 1.99. The highest BCUT2D eigenvalue weighted by Gasteiger charge is 2.21. The lowest BCUT2D eigenvalue weighted by atomic mass is 9.97. The van der Waals surface area contributed by atoms with E-state index >= 15 is 0 Å². The van der Waals surface area contributed by atoms with E-state index < -0.39 is 0 Å². The van der Waals surface area contributed by atoms with Crippen LogP contribution in [0.3, 0.4) is 0 Å². The van der Waals surface area contributed by atoms with Gasteiger partial charge in [-0.15, -0.1) is 0 Å². The fourth-order valence-corrected chi connectivity index (χ4v) is 2.58. The molecular weight excluding hydrogens is 242 g/mol. The van der Waals surface area contributed by atoms with Gasteiger partial charge in [0.25, 0.3) is 0 Å². The van der Waals surface area contributed by atoms with E-state index in [0.717, 1.165) is 36.9 Å². The van der Waals surface area contributed by atoms with Crippen LogP contribution < -0.4 is 4.74 Å². The number of carbonyl (C=O) groups excluding carboxylic acids is 1. The second-order valence-corrected chi connectivity index (χ2v) is 4.62. The van der Waals surface area contributed by atoms with Gasteiger partial charge in [-0.25, -0.2) is 4.98 Å². The molecule has 3 rings (SSSR count). The molecule has 0 amide bonds. The van der Waals surface area contributed by atoms with E-state index in [1.165, 1.54) is 6.08 Å². The molecule has 0 saturated heterocycles. The van der Waals surface area contributed by atoms with Crippen molar-refractivity contribution in [2.45, 2.75) is 25.7 Å². The number of hydrogen-bond donors (Lipinski definition) is 0. The number of allylic oxidation sites excluding steroid dienone is 1. The smallest absolute Gasteiger partial charge is 0.238 e. The standard InChI is InChI=1S/C14H15N3O2/c1-3-12(18)10-8-17-11-7-5-4-6-9(11)13(19-2)16-14(17)15-10/h3,8H,1,4-7H2,2H3. The third-order valence-corrected chi connectivity index (χ3v) is 3.51. The Bertz CT molecular complexity index is 673. The monoisotopic (exact) mass is 257 g/mol. The molecule has 19 heavy (non-hydrogen) atoms. The maximum Gasteiger partial charge on any atom is 0.238 e. The van der Waals surface area contributed by atoms with Crippen LogP contribution in [0, 0.1) is 0 Å². The molecule has 0 spiro atoms. The number of imidazole rings is 1. The highest BCUT2D eigenvalue weighted by Crippen LogP contribution is 2.29. The Labute approximate surface area is 110 Å². The molecule has 0 radical (unpaired) electrons. The van der Waals surface area contributed by atoms with Gasteiger partial charge in [0, 0.05) is 17.5 Å². The first-order chi connectivity index (χ1) is 9.24. The van der Waals surface area contributed by atoms with Crippen molar-refractivity contribution in [2.24, 2.45) is 0 Å². The molecule has 98 valence electrons. The van der Waals surface area contributed by atoms with Crippen molar-refractivity contribution >= 4 is 11.6 Å². The fraction of sp³-hybridized carbons (Fsp3) is 0.357. The number of hydrogen-bond acceptors (Lipinski definition) is 4. The molecule has 0 aromatic carbocycles. The lowest BCUT2D eigenvalue weighted by molar-refractivity contribution is 0.104. The van der Waals surface area contributed by atoms with Crippen LogP contribution in [0.1, 0.15) is 34.6 Å². The Morgan fingerprint density at radius 2 is 2.21 bits per heavy atom. The van der Waals surface area contributed by atoms with Gasteiger partial charge in [-0.2, -0.15) is 4.98 Å². The molecule has 2 heterocycles. The summed E-state index contributed by atoms with van der Waals surface area (Å²) in [5.41, 5.74) is 2.67. The normalized spacial score (nSPS) is 14.2. The van der Waals surface area contributed by atoms with Gasteiger partial charge >= 0.3 is 0 Å². The molecule has 2 aromatic rings. The zero-order chi connectivity index (χ0) is 13.4. The van der Waals surface area contributed by atoms with Crippen molar-refractivity contribution in [1.29, 1.82) is 0 Å². The van der Waals surface area contributed by atoms with Crippen LogP contribution in [-0.4, -0.2) is 27.3 Å². The predicted molar refractivity (Wildman–Crippen MR) is 70.7 cm³/mol. The van der Waals surface area contributed by atoms with Gasteiger partial charge in [-0.1, -0.05) is 6.58 Å². The van der Waals surface area contributed by atoms with Crippen LogP contribution in [0.5, 0.6) is 5.88 Å². The topological polar surface area (TPSA) is 56.5 Å². The Kier molecular flexibility index (Phi) is 2.81. The Morgan fingerprint density at radius 3 is 2.95 bits per heavy atom. The number of fused-ring (bicyclic) bond motifs is 3. The lowest BCUT2D eigenvalue weighted by Crippen LogP contribution is -2.11. The number of carbonyl (C=O) groups is 1. The summed E-state index contributed by atoms with van der Waals surface area (Å²) in [6, 6.07) is 0. The first-order valence-electron chi connectivity index (χ1n) is 6.36. The van der Waals surface area contributed by atoms with Crippen molar-refractivity contribution < 1.29 is 9.53 Å². The summed E-state index contributed by atoms with van der Waals surface area (Å²) in [4.78, 5) is 20.3. The van der Waals surface area contributed by atoms with Gasteiger partial charge in [-0.3, -0.25) is 9.20 Å². The lowest BCUT2D eigenvalue weighted by Gasteiger charge is -2.18. The van der Waals surface area contributed by atoms with E-state index in [1.54, 1.807) is 13.3 Å². The quantitative estimate of drug-likeness (QED) is 0.623. The van der Waals surface area contributed by atoms with Gasteiger partial charge < -0.3 is 4.74 Å². The molecule has 1 aliphatic rings. The number of aryl methyl sites for hydroxylation is 1. The Hall–Kier alpha value is -2.17. The second kappa shape index (κ2) is 4.50. The van der Waals surface area contributed by atoms with Crippen molar-refractivity contribution in [3.8, 4) is 5.88 Å². The van der Waals surface area contributed by atoms with Crippen LogP contribution in [0.25, 0.3) is 5.78 Å². The van der Waals surface area contributed by atoms with Crippen molar-refractivity contribution in [3.63, 3.8) is 0 Å². The first-order valence-corrected chi connectivity index (χ1v) is 6.36.